The van der Waals surface area contributed by atoms with Gasteiger partial charge in [-0.25, -0.2) is 4.98 Å². The van der Waals surface area contributed by atoms with Crippen LogP contribution >= 0.6 is 0 Å². The highest BCUT2D eigenvalue weighted by molar-refractivity contribution is 5.94. The lowest BCUT2D eigenvalue weighted by atomic mass is 10.0. The van der Waals surface area contributed by atoms with E-state index in [1.54, 1.807) is 0 Å². The van der Waals surface area contributed by atoms with Crippen molar-refractivity contribution in [1.82, 2.24) is 14.9 Å². The third kappa shape index (κ3) is 9.79. The van der Waals surface area contributed by atoms with Gasteiger partial charge in [0.05, 0.1) is 11.0 Å². The summed E-state index contributed by atoms with van der Waals surface area (Å²) in [6, 6.07) is 17.8. The fraction of sp³-hybridized carbons (Fsp3) is 0.562. The van der Waals surface area contributed by atoms with Gasteiger partial charge in [-0.05, 0) is 30.7 Å². The maximum absolute atomic E-state index is 12.4. The largest absolute Gasteiger partial charge is 0.352 e. The first kappa shape index (κ1) is 28.0. The second-order valence-electron chi connectivity index (χ2n) is 10.1. The molecule has 1 aromatic heterocycles. The number of imidazole rings is 1. The topological polar surface area (TPSA) is 46.9 Å². The number of rotatable bonds is 19. The van der Waals surface area contributed by atoms with Gasteiger partial charge >= 0.3 is 0 Å². The smallest absolute Gasteiger partial charge is 0.251 e. The van der Waals surface area contributed by atoms with Crippen LogP contribution in [0.4, 0.5) is 0 Å². The van der Waals surface area contributed by atoms with Gasteiger partial charge in [0.1, 0.15) is 5.82 Å². The molecule has 0 atom stereocenters. The van der Waals surface area contributed by atoms with Crippen LogP contribution in [0.5, 0.6) is 0 Å². The number of carbonyl (C=O) groups is 1. The zero-order valence-corrected chi connectivity index (χ0v) is 22.5. The lowest BCUT2D eigenvalue weighted by Gasteiger charge is -2.10. The molecule has 0 radical (unpaired) electrons. The molecule has 2 aromatic carbocycles. The molecule has 3 rings (SSSR count). The van der Waals surface area contributed by atoms with Crippen LogP contribution < -0.4 is 5.32 Å². The molecule has 0 unspecified atom stereocenters. The Bertz CT molecular complexity index is 995. The van der Waals surface area contributed by atoms with Gasteiger partial charge in [0, 0.05) is 25.1 Å². The predicted molar refractivity (Wildman–Crippen MR) is 153 cm³/mol. The summed E-state index contributed by atoms with van der Waals surface area (Å²) < 4.78 is 2.37. The average Bonchev–Trinajstić information content (AvgIpc) is 3.26. The summed E-state index contributed by atoms with van der Waals surface area (Å²) in [5, 5.41) is 3.05. The molecule has 0 fully saturated rings. The van der Waals surface area contributed by atoms with E-state index in [1.807, 2.05) is 36.4 Å². The van der Waals surface area contributed by atoms with E-state index in [9.17, 15) is 4.79 Å². The molecular weight excluding hydrogens is 442 g/mol. The molecule has 0 aliphatic rings. The van der Waals surface area contributed by atoms with E-state index in [1.165, 1.54) is 95.4 Å². The summed E-state index contributed by atoms with van der Waals surface area (Å²) in [6.07, 6.45) is 20.0. The van der Waals surface area contributed by atoms with Gasteiger partial charge in [-0.15, -0.1) is 0 Å². The van der Waals surface area contributed by atoms with Crippen LogP contribution in [0.3, 0.4) is 0 Å². The Morgan fingerprint density at radius 1 is 0.722 bits per heavy atom. The van der Waals surface area contributed by atoms with Gasteiger partial charge in [-0.1, -0.05) is 121 Å². The molecule has 1 amide bonds. The van der Waals surface area contributed by atoms with Crippen LogP contribution in [0.25, 0.3) is 11.0 Å². The average molecular weight is 490 g/mol. The molecule has 1 heterocycles. The maximum Gasteiger partial charge on any atom is 0.251 e. The number of hydrogen-bond acceptors (Lipinski definition) is 2. The van der Waals surface area contributed by atoms with Crippen LogP contribution in [-0.2, 0) is 13.0 Å². The van der Waals surface area contributed by atoms with Crippen molar-refractivity contribution in [3.05, 3.63) is 66.0 Å². The number of benzene rings is 2. The summed E-state index contributed by atoms with van der Waals surface area (Å²) in [6.45, 7) is 3.88. The molecule has 0 aliphatic heterocycles. The minimum Gasteiger partial charge on any atom is -0.352 e. The standard InChI is InChI=1S/C32H47N3O/c1-2-3-4-5-6-7-8-9-10-11-12-13-14-20-27-35-30-24-19-18-23-29(30)34-31(35)25-26-33-32(36)28-21-16-15-17-22-28/h15-19,21-24H,2-14,20,25-27H2,1H3,(H,33,36). The van der Waals surface area contributed by atoms with Gasteiger partial charge in [0.2, 0.25) is 0 Å². The van der Waals surface area contributed by atoms with E-state index < -0.39 is 0 Å². The van der Waals surface area contributed by atoms with Crippen molar-refractivity contribution in [1.29, 1.82) is 0 Å². The molecule has 0 saturated heterocycles. The number of aromatic nitrogens is 2. The van der Waals surface area contributed by atoms with Gasteiger partial charge in [0.15, 0.2) is 0 Å². The van der Waals surface area contributed by atoms with Crippen molar-refractivity contribution in [2.75, 3.05) is 6.54 Å². The molecule has 0 spiro atoms. The zero-order chi connectivity index (χ0) is 25.3. The molecule has 4 nitrogen and oxygen atoms in total. The molecule has 4 heteroatoms. The number of carbonyl (C=O) groups excluding carboxylic acids is 1. The number of nitrogens with zero attached hydrogens (tertiary/aromatic N) is 2. The molecule has 196 valence electrons. The van der Waals surface area contributed by atoms with Gasteiger partial charge in [0.25, 0.3) is 5.91 Å². The summed E-state index contributed by atoms with van der Waals surface area (Å²) >= 11 is 0. The number of hydrogen-bond donors (Lipinski definition) is 1. The Morgan fingerprint density at radius 3 is 1.92 bits per heavy atom. The van der Waals surface area contributed by atoms with Crippen LogP contribution in [0.15, 0.2) is 54.6 Å². The third-order valence-corrected chi connectivity index (χ3v) is 7.14. The molecule has 0 bridgehead atoms. The molecule has 3 aromatic rings. The van der Waals surface area contributed by atoms with Crippen molar-refractivity contribution in [3.8, 4) is 0 Å². The summed E-state index contributed by atoms with van der Waals surface area (Å²) in [5.74, 6) is 1.05. The highest BCUT2D eigenvalue weighted by Gasteiger charge is 2.11. The zero-order valence-electron chi connectivity index (χ0n) is 22.5. The highest BCUT2D eigenvalue weighted by Crippen LogP contribution is 2.18. The van der Waals surface area contributed by atoms with Crippen molar-refractivity contribution in [3.63, 3.8) is 0 Å². The van der Waals surface area contributed by atoms with Crippen molar-refractivity contribution < 1.29 is 4.79 Å². The second-order valence-corrected chi connectivity index (χ2v) is 10.1. The number of aryl methyl sites for hydroxylation is 1. The second kappa shape index (κ2) is 16.9. The lowest BCUT2D eigenvalue weighted by molar-refractivity contribution is 0.0954. The summed E-state index contributed by atoms with van der Waals surface area (Å²) in [4.78, 5) is 17.3. The Hall–Kier alpha value is -2.62. The van der Waals surface area contributed by atoms with Crippen LogP contribution in [0, 0.1) is 0 Å². The van der Waals surface area contributed by atoms with Crippen molar-refractivity contribution in [2.24, 2.45) is 0 Å². The van der Waals surface area contributed by atoms with Crippen LogP contribution in [0.1, 0.15) is 113 Å². The summed E-state index contributed by atoms with van der Waals surface area (Å²) in [7, 11) is 0. The van der Waals surface area contributed by atoms with E-state index in [0.29, 0.717) is 12.1 Å². The van der Waals surface area contributed by atoms with Crippen molar-refractivity contribution >= 4 is 16.9 Å². The van der Waals surface area contributed by atoms with Crippen LogP contribution in [-0.4, -0.2) is 22.0 Å². The Kier molecular flexibility index (Phi) is 13.2. The fourth-order valence-electron chi connectivity index (χ4n) is 5.01. The number of fused-ring (bicyclic) bond motifs is 1. The normalized spacial score (nSPS) is 11.2. The first-order valence-corrected chi connectivity index (χ1v) is 14.6. The quantitative estimate of drug-likeness (QED) is 0.172. The summed E-state index contributed by atoms with van der Waals surface area (Å²) in [5.41, 5.74) is 2.96. The van der Waals surface area contributed by atoms with Gasteiger partial charge < -0.3 is 9.88 Å². The van der Waals surface area contributed by atoms with E-state index in [2.05, 4.69) is 35.0 Å². The Labute approximate surface area is 218 Å². The predicted octanol–water partition coefficient (Wildman–Crippen LogP) is 8.49. The van der Waals surface area contributed by atoms with E-state index >= 15 is 0 Å². The number of para-hydroxylation sites is 2. The SMILES string of the molecule is CCCCCCCCCCCCCCCCn1c(CCNC(=O)c2ccccc2)nc2ccccc21. The maximum atomic E-state index is 12.4. The minimum absolute atomic E-state index is 0.0229. The Balaban J connectivity index is 1.32. The molecule has 1 N–H and O–H groups in total. The first-order valence-electron chi connectivity index (χ1n) is 14.6. The lowest BCUT2D eigenvalue weighted by Crippen LogP contribution is -2.26. The molecule has 36 heavy (non-hydrogen) atoms. The fourth-order valence-corrected chi connectivity index (χ4v) is 5.01. The first-order chi connectivity index (χ1) is 17.8. The molecule has 0 saturated carbocycles. The number of unbranched alkanes of at least 4 members (excludes halogenated alkanes) is 13. The minimum atomic E-state index is -0.0229. The van der Waals surface area contributed by atoms with Crippen molar-refractivity contribution in [2.45, 2.75) is 110 Å². The third-order valence-electron chi connectivity index (χ3n) is 7.14. The van der Waals surface area contributed by atoms with E-state index in [0.717, 1.165) is 24.3 Å². The number of nitrogens with one attached hydrogen (secondary N) is 1. The van der Waals surface area contributed by atoms with E-state index in [-0.39, 0.29) is 5.91 Å². The van der Waals surface area contributed by atoms with Crippen LogP contribution in [0.2, 0.25) is 0 Å². The molecular formula is C32H47N3O. The Morgan fingerprint density at radius 2 is 1.28 bits per heavy atom. The molecule has 0 aliphatic carbocycles. The van der Waals surface area contributed by atoms with Gasteiger partial charge in [-0.2, -0.15) is 0 Å². The van der Waals surface area contributed by atoms with Gasteiger partial charge in [-0.3, -0.25) is 4.79 Å². The monoisotopic (exact) mass is 489 g/mol. The van der Waals surface area contributed by atoms with E-state index in [4.69, 9.17) is 4.98 Å². The highest BCUT2D eigenvalue weighted by atomic mass is 16.1. The number of amides is 1.